The number of nitrogens with zero attached hydrogens (tertiary/aromatic N) is 4. The molecule has 0 saturated carbocycles. The zero-order valence-electron chi connectivity index (χ0n) is 14.2. The number of aryl methyl sites for hydroxylation is 3. The molecule has 0 aliphatic heterocycles. The monoisotopic (exact) mass is 364 g/mol. The van der Waals surface area contributed by atoms with Crippen molar-refractivity contribution in [1.82, 2.24) is 19.7 Å². The van der Waals surface area contributed by atoms with Crippen molar-refractivity contribution in [1.29, 1.82) is 0 Å². The summed E-state index contributed by atoms with van der Waals surface area (Å²) in [7, 11) is 1.86. The molecule has 7 heteroatoms. The average molecular weight is 364 g/mol. The SMILES string of the molecule is Cn1ncc2c(SCc3cc(=O)oc4cc5c(cc34)CCC5)ncnc21. The van der Waals surface area contributed by atoms with Gasteiger partial charge in [-0.3, -0.25) is 4.68 Å². The lowest BCUT2D eigenvalue weighted by Gasteiger charge is -2.08. The summed E-state index contributed by atoms with van der Waals surface area (Å²) in [6, 6.07) is 5.83. The third-order valence-corrected chi connectivity index (χ3v) is 5.95. The topological polar surface area (TPSA) is 73.8 Å². The second kappa shape index (κ2) is 5.95. The quantitative estimate of drug-likeness (QED) is 0.316. The van der Waals surface area contributed by atoms with Crippen LogP contribution in [0.25, 0.3) is 22.0 Å². The van der Waals surface area contributed by atoms with Crippen LogP contribution in [0.2, 0.25) is 0 Å². The lowest BCUT2D eigenvalue weighted by atomic mass is 10.0. The first kappa shape index (κ1) is 15.6. The fourth-order valence-electron chi connectivity index (χ4n) is 3.62. The van der Waals surface area contributed by atoms with Crippen molar-refractivity contribution in [2.75, 3.05) is 0 Å². The number of benzene rings is 1. The van der Waals surface area contributed by atoms with Crippen LogP contribution in [-0.2, 0) is 25.6 Å². The molecule has 130 valence electrons. The summed E-state index contributed by atoms with van der Waals surface area (Å²) in [5.74, 6) is 0.641. The van der Waals surface area contributed by atoms with Crippen molar-refractivity contribution in [3.05, 3.63) is 57.8 Å². The number of thioether (sulfide) groups is 1. The van der Waals surface area contributed by atoms with Gasteiger partial charge in [0.2, 0.25) is 0 Å². The minimum atomic E-state index is -0.305. The molecule has 0 N–H and O–H groups in total. The van der Waals surface area contributed by atoms with E-state index in [-0.39, 0.29) is 5.63 Å². The average Bonchev–Trinajstić information content (AvgIpc) is 3.24. The highest BCUT2D eigenvalue weighted by Gasteiger charge is 2.16. The number of rotatable bonds is 3. The molecule has 1 aliphatic rings. The fraction of sp³-hybridized carbons (Fsp3) is 0.263. The number of fused-ring (bicyclic) bond motifs is 3. The minimum Gasteiger partial charge on any atom is -0.423 e. The van der Waals surface area contributed by atoms with Crippen LogP contribution < -0.4 is 5.63 Å². The van der Waals surface area contributed by atoms with Crippen LogP contribution in [0.3, 0.4) is 0 Å². The highest BCUT2D eigenvalue weighted by atomic mass is 32.2. The van der Waals surface area contributed by atoms with Gasteiger partial charge in [-0.05, 0) is 48.1 Å². The highest BCUT2D eigenvalue weighted by Crippen LogP contribution is 2.32. The van der Waals surface area contributed by atoms with Crippen LogP contribution in [0.15, 0.2) is 45.0 Å². The Morgan fingerprint density at radius 3 is 2.88 bits per heavy atom. The molecule has 1 aromatic carbocycles. The van der Waals surface area contributed by atoms with Gasteiger partial charge in [-0.1, -0.05) is 0 Å². The van der Waals surface area contributed by atoms with Crippen LogP contribution in [0, 0.1) is 0 Å². The summed E-state index contributed by atoms with van der Waals surface area (Å²) in [5.41, 5.74) is 4.83. The van der Waals surface area contributed by atoms with Gasteiger partial charge in [0.05, 0.1) is 11.6 Å². The van der Waals surface area contributed by atoms with E-state index in [2.05, 4.69) is 21.1 Å². The molecule has 0 amide bonds. The van der Waals surface area contributed by atoms with E-state index in [1.807, 2.05) is 13.1 Å². The molecular formula is C19H16N4O2S. The van der Waals surface area contributed by atoms with Gasteiger partial charge in [-0.15, -0.1) is 11.8 Å². The second-order valence-electron chi connectivity index (χ2n) is 6.53. The highest BCUT2D eigenvalue weighted by molar-refractivity contribution is 7.98. The van der Waals surface area contributed by atoms with Gasteiger partial charge in [0.25, 0.3) is 0 Å². The lowest BCUT2D eigenvalue weighted by molar-refractivity contribution is 0.559. The van der Waals surface area contributed by atoms with Gasteiger partial charge in [-0.25, -0.2) is 14.8 Å². The predicted octanol–water partition coefficient (Wildman–Crippen LogP) is 3.25. The molecule has 0 saturated heterocycles. The molecular weight excluding hydrogens is 348 g/mol. The van der Waals surface area contributed by atoms with E-state index in [1.54, 1.807) is 35.0 Å². The van der Waals surface area contributed by atoms with Crippen molar-refractivity contribution in [3.8, 4) is 0 Å². The molecule has 4 aromatic rings. The Balaban J connectivity index is 1.56. The molecule has 0 bridgehead atoms. The van der Waals surface area contributed by atoms with Crippen molar-refractivity contribution in [2.45, 2.75) is 30.0 Å². The normalized spacial score (nSPS) is 13.6. The van der Waals surface area contributed by atoms with E-state index in [0.717, 1.165) is 39.9 Å². The number of aromatic nitrogens is 4. The standard InChI is InChI=1S/C19H16N4O2S/c1-23-18-15(8-22-23)19(21-10-20-18)26-9-13-7-17(24)25-16-6-12-4-2-3-11(12)5-14(13)16/h5-8,10H,2-4,9H2,1H3. The third-order valence-electron chi connectivity index (χ3n) is 4.90. The molecule has 0 spiro atoms. The summed E-state index contributed by atoms with van der Waals surface area (Å²) in [5, 5.41) is 7.06. The smallest absolute Gasteiger partial charge is 0.336 e. The molecule has 1 aliphatic carbocycles. The van der Waals surface area contributed by atoms with E-state index < -0.39 is 0 Å². The summed E-state index contributed by atoms with van der Waals surface area (Å²) < 4.78 is 7.18. The summed E-state index contributed by atoms with van der Waals surface area (Å²) in [4.78, 5) is 20.7. The van der Waals surface area contributed by atoms with Crippen molar-refractivity contribution in [3.63, 3.8) is 0 Å². The first-order chi connectivity index (χ1) is 12.7. The van der Waals surface area contributed by atoms with E-state index in [4.69, 9.17) is 4.42 Å². The molecule has 6 nitrogen and oxygen atoms in total. The Morgan fingerprint density at radius 1 is 1.15 bits per heavy atom. The zero-order valence-corrected chi connectivity index (χ0v) is 15.0. The van der Waals surface area contributed by atoms with Crippen LogP contribution >= 0.6 is 11.8 Å². The van der Waals surface area contributed by atoms with Crippen molar-refractivity contribution in [2.24, 2.45) is 7.05 Å². The van der Waals surface area contributed by atoms with Gasteiger partial charge in [0.15, 0.2) is 5.65 Å². The van der Waals surface area contributed by atoms with E-state index in [0.29, 0.717) is 11.3 Å². The molecule has 3 aromatic heterocycles. The molecule has 3 heterocycles. The van der Waals surface area contributed by atoms with E-state index >= 15 is 0 Å². The van der Waals surface area contributed by atoms with E-state index in [9.17, 15) is 4.79 Å². The maximum absolute atomic E-state index is 12.0. The minimum absolute atomic E-state index is 0.305. The van der Waals surface area contributed by atoms with Crippen LogP contribution in [-0.4, -0.2) is 19.7 Å². The second-order valence-corrected chi connectivity index (χ2v) is 7.50. The van der Waals surface area contributed by atoms with Crippen LogP contribution in [0.4, 0.5) is 0 Å². The molecule has 0 fully saturated rings. The predicted molar refractivity (Wildman–Crippen MR) is 100 cm³/mol. The molecule has 0 atom stereocenters. The van der Waals surface area contributed by atoms with Crippen LogP contribution in [0.1, 0.15) is 23.1 Å². The van der Waals surface area contributed by atoms with Crippen LogP contribution in [0.5, 0.6) is 0 Å². The Kier molecular flexibility index (Phi) is 3.56. The fourth-order valence-corrected chi connectivity index (χ4v) is 4.57. The summed E-state index contributed by atoms with van der Waals surface area (Å²) >= 11 is 1.59. The first-order valence-electron chi connectivity index (χ1n) is 8.53. The van der Waals surface area contributed by atoms with E-state index in [1.165, 1.54) is 17.5 Å². The molecule has 5 rings (SSSR count). The maximum Gasteiger partial charge on any atom is 0.336 e. The molecule has 0 radical (unpaired) electrons. The molecule has 26 heavy (non-hydrogen) atoms. The zero-order chi connectivity index (χ0) is 17.7. The Labute approximate surface area is 153 Å². The van der Waals surface area contributed by atoms with Crippen molar-refractivity contribution < 1.29 is 4.42 Å². The van der Waals surface area contributed by atoms with Gasteiger partial charge in [0.1, 0.15) is 16.9 Å². The Hall–Kier alpha value is -2.67. The van der Waals surface area contributed by atoms with Gasteiger partial charge in [-0.2, -0.15) is 5.10 Å². The number of hydrogen-bond donors (Lipinski definition) is 0. The van der Waals surface area contributed by atoms with Gasteiger partial charge >= 0.3 is 5.63 Å². The van der Waals surface area contributed by atoms with Crippen molar-refractivity contribution >= 4 is 33.8 Å². The Bertz CT molecular complexity index is 1210. The lowest BCUT2D eigenvalue weighted by Crippen LogP contribution is -2.01. The van der Waals surface area contributed by atoms with Gasteiger partial charge in [0, 0.05) is 24.3 Å². The largest absolute Gasteiger partial charge is 0.423 e. The summed E-state index contributed by atoms with van der Waals surface area (Å²) in [6.07, 6.45) is 6.66. The molecule has 0 unspecified atom stereocenters. The summed E-state index contributed by atoms with van der Waals surface area (Å²) in [6.45, 7) is 0. The van der Waals surface area contributed by atoms with Gasteiger partial charge < -0.3 is 4.42 Å². The number of hydrogen-bond acceptors (Lipinski definition) is 6. The maximum atomic E-state index is 12.0. The Morgan fingerprint density at radius 2 is 2.00 bits per heavy atom. The third kappa shape index (κ3) is 2.50. The first-order valence-corrected chi connectivity index (χ1v) is 9.51.